The molecule has 1 N–H and O–H groups in total. The fourth-order valence-corrected chi connectivity index (χ4v) is 2.65. The number of carbonyl (C=O) groups is 1. The molecule has 0 saturated carbocycles. The minimum atomic E-state index is -1.03. The fourth-order valence-electron chi connectivity index (χ4n) is 2.53. The van der Waals surface area contributed by atoms with Gasteiger partial charge in [-0.3, -0.25) is 9.48 Å². The van der Waals surface area contributed by atoms with Crippen molar-refractivity contribution in [2.45, 2.75) is 32.9 Å². The highest BCUT2D eigenvalue weighted by molar-refractivity contribution is 6.30. The Kier molecular flexibility index (Phi) is 4.68. The molecule has 0 aliphatic rings. The summed E-state index contributed by atoms with van der Waals surface area (Å²) in [6.07, 6.45) is 1.82. The first-order chi connectivity index (χ1) is 11.9. The zero-order valence-electron chi connectivity index (χ0n) is 14.4. The summed E-state index contributed by atoms with van der Waals surface area (Å²) in [6, 6.07) is 12.7. The van der Waals surface area contributed by atoms with Gasteiger partial charge in [0.15, 0.2) is 5.60 Å². The van der Waals surface area contributed by atoms with E-state index >= 15 is 0 Å². The Morgan fingerprint density at radius 2 is 1.96 bits per heavy atom. The lowest BCUT2D eigenvalue weighted by Gasteiger charge is -2.25. The zero-order valence-corrected chi connectivity index (χ0v) is 15.2. The van der Waals surface area contributed by atoms with Crippen molar-refractivity contribution >= 4 is 34.1 Å². The monoisotopic (exact) mass is 357 g/mol. The summed E-state index contributed by atoms with van der Waals surface area (Å²) < 4.78 is 7.71. The van der Waals surface area contributed by atoms with E-state index in [1.54, 1.807) is 38.1 Å². The van der Waals surface area contributed by atoms with Crippen molar-refractivity contribution in [2.24, 2.45) is 0 Å². The third-order valence-electron chi connectivity index (χ3n) is 3.94. The van der Waals surface area contributed by atoms with E-state index in [4.69, 9.17) is 16.3 Å². The molecule has 2 aromatic carbocycles. The number of halogens is 1. The van der Waals surface area contributed by atoms with Crippen molar-refractivity contribution < 1.29 is 9.53 Å². The van der Waals surface area contributed by atoms with Gasteiger partial charge < -0.3 is 10.1 Å². The molecule has 0 atom stereocenters. The highest BCUT2D eigenvalue weighted by Gasteiger charge is 2.30. The third-order valence-corrected chi connectivity index (χ3v) is 4.19. The summed E-state index contributed by atoms with van der Waals surface area (Å²) in [5.41, 5.74) is 0.658. The lowest BCUT2D eigenvalue weighted by Crippen LogP contribution is -2.42. The third kappa shape index (κ3) is 3.77. The number of rotatable bonds is 5. The number of anilines is 1. The minimum absolute atomic E-state index is 0.232. The topological polar surface area (TPSA) is 56.2 Å². The van der Waals surface area contributed by atoms with Crippen LogP contribution in [0.1, 0.15) is 20.8 Å². The Balaban J connectivity index is 1.77. The van der Waals surface area contributed by atoms with E-state index in [2.05, 4.69) is 10.4 Å². The van der Waals surface area contributed by atoms with E-state index in [-0.39, 0.29) is 5.91 Å². The van der Waals surface area contributed by atoms with Crippen LogP contribution in [0.5, 0.6) is 5.75 Å². The summed E-state index contributed by atoms with van der Waals surface area (Å²) in [4.78, 5) is 12.6. The number of fused-ring (bicyclic) bond motifs is 1. The van der Waals surface area contributed by atoms with Crippen LogP contribution in [-0.4, -0.2) is 21.3 Å². The number of hydrogen-bond acceptors (Lipinski definition) is 3. The maximum atomic E-state index is 12.6. The first-order valence-corrected chi connectivity index (χ1v) is 8.48. The lowest BCUT2D eigenvalue weighted by atomic mass is 10.1. The second kappa shape index (κ2) is 6.76. The number of aryl methyl sites for hydroxylation is 1. The molecule has 0 aliphatic heterocycles. The predicted molar refractivity (Wildman–Crippen MR) is 100 cm³/mol. The lowest BCUT2D eigenvalue weighted by molar-refractivity contribution is -0.128. The summed E-state index contributed by atoms with van der Waals surface area (Å²) in [7, 11) is 0. The van der Waals surface area contributed by atoms with E-state index in [1.807, 2.05) is 36.0 Å². The van der Waals surface area contributed by atoms with Crippen molar-refractivity contribution in [1.29, 1.82) is 0 Å². The van der Waals surface area contributed by atoms with E-state index in [9.17, 15) is 4.79 Å². The van der Waals surface area contributed by atoms with Crippen LogP contribution in [0.15, 0.2) is 48.7 Å². The Bertz CT molecular complexity index is 901. The maximum absolute atomic E-state index is 12.6. The molecule has 0 saturated heterocycles. The molecule has 1 aromatic heterocycles. The quantitative estimate of drug-likeness (QED) is 0.731. The SMILES string of the molecule is CCn1ncc2ccc(NC(=O)C(C)(C)Oc3ccc(Cl)cc3)cc21. The smallest absolute Gasteiger partial charge is 0.267 e. The van der Waals surface area contributed by atoms with Gasteiger partial charge in [0.1, 0.15) is 5.75 Å². The van der Waals surface area contributed by atoms with Gasteiger partial charge in [0, 0.05) is 22.6 Å². The number of hydrogen-bond donors (Lipinski definition) is 1. The molecule has 0 spiro atoms. The Morgan fingerprint density at radius 3 is 2.64 bits per heavy atom. The highest BCUT2D eigenvalue weighted by atomic mass is 35.5. The van der Waals surface area contributed by atoms with Gasteiger partial charge in [-0.15, -0.1) is 0 Å². The number of aromatic nitrogens is 2. The van der Waals surface area contributed by atoms with Gasteiger partial charge in [-0.1, -0.05) is 11.6 Å². The summed E-state index contributed by atoms with van der Waals surface area (Å²) in [5, 5.41) is 8.89. The molecule has 1 heterocycles. The molecule has 6 heteroatoms. The van der Waals surface area contributed by atoms with Gasteiger partial charge >= 0.3 is 0 Å². The fraction of sp³-hybridized carbons (Fsp3) is 0.263. The van der Waals surface area contributed by atoms with Crippen LogP contribution in [0.2, 0.25) is 5.02 Å². The van der Waals surface area contributed by atoms with Gasteiger partial charge in [-0.2, -0.15) is 5.10 Å². The number of amides is 1. The van der Waals surface area contributed by atoms with E-state index in [1.165, 1.54) is 0 Å². The predicted octanol–water partition coefficient (Wildman–Crippen LogP) is 4.51. The first-order valence-electron chi connectivity index (χ1n) is 8.10. The molecular weight excluding hydrogens is 338 g/mol. The molecule has 5 nitrogen and oxygen atoms in total. The molecule has 3 aromatic rings. The van der Waals surface area contributed by atoms with E-state index in [0.717, 1.165) is 17.4 Å². The van der Waals surface area contributed by atoms with Crippen LogP contribution >= 0.6 is 11.6 Å². The summed E-state index contributed by atoms with van der Waals surface area (Å²) >= 11 is 5.87. The van der Waals surface area contributed by atoms with Gasteiger partial charge in [-0.05, 0) is 63.2 Å². The molecule has 3 rings (SSSR count). The molecule has 130 valence electrons. The summed E-state index contributed by atoms with van der Waals surface area (Å²) in [5.74, 6) is 0.355. The number of carbonyl (C=O) groups excluding carboxylic acids is 1. The van der Waals surface area contributed by atoms with Crippen molar-refractivity contribution in [3.05, 3.63) is 53.7 Å². The highest BCUT2D eigenvalue weighted by Crippen LogP contribution is 2.23. The number of nitrogens with zero attached hydrogens (tertiary/aromatic N) is 2. The van der Waals surface area contributed by atoms with E-state index in [0.29, 0.717) is 16.5 Å². The Morgan fingerprint density at radius 1 is 1.24 bits per heavy atom. The molecule has 1 amide bonds. The molecular formula is C19H20ClN3O2. The van der Waals surface area contributed by atoms with Gasteiger partial charge in [0.2, 0.25) is 0 Å². The van der Waals surface area contributed by atoms with Crippen molar-refractivity contribution in [2.75, 3.05) is 5.32 Å². The normalized spacial score (nSPS) is 11.5. The molecule has 25 heavy (non-hydrogen) atoms. The van der Waals surface area contributed by atoms with E-state index < -0.39 is 5.60 Å². The van der Waals surface area contributed by atoms with Crippen molar-refractivity contribution in [1.82, 2.24) is 9.78 Å². The average Bonchev–Trinajstić information content (AvgIpc) is 2.99. The van der Waals surface area contributed by atoms with Crippen molar-refractivity contribution in [3.63, 3.8) is 0 Å². The van der Waals surface area contributed by atoms with Crippen LogP contribution in [-0.2, 0) is 11.3 Å². The maximum Gasteiger partial charge on any atom is 0.267 e. The second-order valence-electron chi connectivity index (χ2n) is 6.25. The summed E-state index contributed by atoms with van der Waals surface area (Å²) in [6.45, 7) is 6.25. The molecule has 0 aliphatic carbocycles. The van der Waals surface area contributed by atoms with Crippen LogP contribution < -0.4 is 10.1 Å². The number of benzene rings is 2. The molecule has 0 radical (unpaired) electrons. The van der Waals surface area contributed by atoms with Gasteiger partial charge in [-0.25, -0.2) is 0 Å². The van der Waals surface area contributed by atoms with Gasteiger partial charge in [0.05, 0.1) is 11.7 Å². The zero-order chi connectivity index (χ0) is 18.0. The minimum Gasteiger partial charge on any atom is -0.478 e. The van der Waals surface area contributed by atoms with Crippen LogP contribution in [0.3, 0.4) is 0 Å². The Hall–Kier alpha value is -2.53. The molecule has 0 fully saturated rings. The average molecular weight is 358 g/mol. The van der Waals surface area contributed by atoms with Crippen LogP contribution in [0, 0.1) is 0 Å². The Labute approximate surface area is 151 Å². The second-order valence-corrected chi connectivity index (χ2v) is 6.69. The number of nitrogens with one attached hydrogen (secondary N) is 1. The largest absolute Gasteiger partial charge is 0.478 e. The molecule has 0 bridgehead atoms. The number of ether oxygens (including phenoxy) is 1. The molecule has 0 unspecified atom stereocenters. The van der Waals surface area contributed by atoms with Crippen LogP contribution in [0.4, 0.5) is 5.69 Å². The van der Waals surface area contributed by atoms with Crippen molar-refractivity contribution in [3.8, 4) is 5.75 Å². The van der Waals surface area contributed by atoms with Crippen LogP contribution in [0.25, 0.3) is 10.9 Å². The standard InChI is InChI=1S/C19H20ClN3O2/c1-4-23-17-11-15(8-5-13(17)12-21-23)22-18(24)19(2,3)25-16-9-6-14(20)7-10-16/h5-12H,4H2,1-3H3,(H,22,24). The van der Waals surface area contributed by atoms with Gasteiger partial charge in [0.25, 0.3) is 5.91 Å². The first kappa shape index (κ1) is 17.3.